The fourth-order valence-electron chi connectivity index (χ4n) is 0.277. The molecule has 2 N–H and O–H groups in total. The maximum atomic E-state index is 10.0. The first kappa shape index (κ1) is 6.95. The molecular formula is C4H8BrNO. The molecule has 0 aliphatic rings. The molecule has 2 nitrogen and oxygen atoms in total. The molecule has 0 aromatic heterocycles. The summed E-state index contributed by atoms with van der Waals surface area (Å²) in [4.78, 5) is 10.2. The third-order valence-corrected chi connectivity index (χ3v) is 0.806. The molecule has 0 heterocycles. The third kappa shape index (κ3) is 5.95. The van der Waals surface area contributed by atoms with Gasteiger partial charge in [-0.15, -0.1) is 0 Å². The molecule has 3 heteroatoms. The highest BCUT2D eigenvalue weighted by atomic mass is 79.9. The minimum Gasteiger partial charge on any atom is -0.370 e. The smallest absolute Gasteiger partial charge is 0.218 e. The molecule has 0 saturated carbocycles. The first-order chi connectivity index (χ1) is 3.13. The number of amides is 1. The van der Waals surface area contributed by atoms with Gasteiger partial charge in [0.1, 0.15) is 0 Å². The molecule has 0 aromatic carbocycles. The van der Waals surface area contributed by atoms with Gasteiger partial charge >= 0.3 is 0 Å². The van der Waals surface area contributed by atoms with Crippen LogP contribution < -0.4 is 5.73 Å². The van der Waals surface area contributed by atoms with E-state index in [1.165, 1.54) is 0 Å². The average Bonchev–Trinajstić information content (AvgIpc) is 1.27. The van der Waals surface area contributed by atoms with Gasteiger partial charge in [0.2, 0.25) is 5.91 Å². The Morgan fingerprint density at radius 2 is 2.43 bits per heavy atom. The summed E-state index contributed by atoms with van der Waals surface area (Å²) in [6.07, 6.45) is 0.417. The van der Waals surface area contributed by atoms with Gasteiger partial charge in [0.05, 0.1) is 0 Å². The molecule has 0 saturated heterocycles. The van der Waals surface area contributed by atoms with Crippen LogP contribution in [0, 0.1) is 0 Å². The van der Waals surface area contributed by atoms with Gasteiger partial charge in [-0.1, -0.05) is 22.9 Å². The number of rotatable bonds is 2. The SMILES string of the molecule is C[C@@H](Br)CC(N)=O. The lowest BCUT2D eigenvalue weighted by molar-refractivity contribution is -0.117. The number of carbonyl (C=O) groups excluding carboxylic acids is 1. The highest BCUT2D eigenvalue weighted by Gasteiger charge is 1.98. The number of alkyl halides is 1. The zero-order valence-electron chi connectivity index (χ0n) is 4.15. The summed E-state index contributed by atoms with van der Waals surface area (Å²) in [6, 6.07) is 0. The van der Waals surface area contributed by atoms with Crippen LogP contribution in [-0.4, -0.2) is 10.7 Å². The number of hydrogen-bond donors (Lipinski definition) is 1. The fourth-order valence-corrected chi connectivity index (χ4v) is 0.596. The Hall–Kier alpha value is -0.0500. The maximum absolute atomic E-state index is 10.0. The van der Waals surface area contributed by atoms with Gasteiger partial charge in [-0.3, -0.25) is 4.79 Å². The number of primary amides is 1. The first-order valence-corrected chi connectivity index (χ1v) is 2.97. The summed E-state index contributed by atoms with van der Waals surface area (Å²) in [5.74, 6) is -0.260. The third-order valence-electron chi connectivity index (χ3n) is 0.482. The predicted molar refractivity (Wildman–Crippen MR) is 32.2 cm³/mol. The standard InChI is InChI=1S/C4H8BrNO/c1-3(5)2-4(6)7/h3H,2H2,1H3,(H2,6,7)/t3-/m1/s1. The van der Waals surface area contributed by atoms with Crippen LogP contribution in [0.3, 0.4) is 0 Å². The van der Waals surface area contributed by atoms with Gasteiger partial charge < -0.3 is 5.73 Å². The van der Waals surface area contributed by atoms with E-state index < -0.39 is 0 Å². The van der Waals surface area contributed by atoms with Gasteiger partial charge in [-0.05, 0) is 0 Å². The molecule has 0 aliphatic carbocycles. The molecule has 0 spiro atoms. The normalized spacial score (nSPS) is 13.4. The maximum Gasteiger partial charge on any atom is 0.218 e. The van der Waals surface area contributed by atoms with Crippen LogP contribution in [0.5, 0.6) is 0 Å². The van der Waals surface area contributed by atoms with Gasteiger partial charge in [-0.2, -0.15) is 0 Å². The van der Waals surface area contributed by atoms with Crippen LogP contribution in [0.4, 0.5) is 0 Å². The topological polar surface area (TPSA) is 43.1 Å². The minimum atomic E-state index is -0.260. The van der Waals surface area contributed by atoms with Crippen molar-refractivity contribution in [3.63, 3.8) is 0 Å². The second-order valence-corrected chi connectivity index (χ2v) is 3.01. The molecule has 0 rings (SSSR count). The minimum absolute atomic E-state index is 0.213. The van der Waals surface area contributed by atoms with E-state index in [0.717, 1.165) is 0 Å². The monoisotopic (exact) mass is 165 g/mol. The first-order valence-electron chi connectivity index (χ1n) is 2.05. The second kappa shape index (κ2) is 3.02. The van der Waals surface area contributed by atoms with Crippen molar-refractivity contribution in [2.45, 2.75) is 18.2 Å². The van der Waals surface area contributed by atoms with Gasteiger partial charge in [0.15, 0.2) is 0 Å². The Morgan fingerprint density at radius 1 is 2.00 bits per heavy atom. The van der Waals surface area contributed by atoms with Crippen molar-refractivity contribution in [1.29, 1.82) is 0 Å². The van der Waals surface area contributed by atoms with Crippen LogP contribution in [0.25, 0.3) is 0 Å². The molecule has 0 radical (unpaired) electrons. The molecule has 42 valence electrons. The van der Waals surface area contributed by atoms with Crippen LogP contribution in [0.15, 0.2) is 0 Å². The van der Waals surface area contributed by atoms with Crippen LogP contribution in [-0.2, 0) is 4.79 Å². The number of nitrogens with two attached hydrogens (primary N) is 1. The molecule has 7 heavy (non-hydrogen) atoms. The van der Waals surface area contributed by atoms with Crippen molar-refractivity contribution in [2.75, 3.05) is 0 Å². The molecular weight excluding hydrogens is 158 g/mol. The van der Waals surface area contributed by atoms with Crippen LogP contribution >= 0.6 is 15.9 Å². The fraction of sp³-hybridized carbons (Fsp3) is 0.750. The summed E-state index contributed by atoms with van der Waals surface area (Å²) in [7, 11) is 0. The number of halogens is 1. The van der Waals surface area contributed by atoms with E-state index in [9.17, 15) is 4.79 Å². The number of carbonyl (C=O) groups is 1. The van der Waals surface area contributed by atoms with Crippen molar-refractivity contribution in [3.8, 4) is 0 Å². The lowest BCUT2D eigenvalue weighted by atomic mass is 10.3. The van der Waals surface area contributed by atoms with Crippen molar-refractivity contribution < 1.29 is 4.79 Å². The van der Waals surface area contributed by atoms with E-state index in [1.54, 1.807) is 0 Å². The van der Waals surface area contributed by atoms with Crippen molar-refractivity contribution in [2.24, 2.45) is 5.73 Å². The Kier molecular flexibility index (Phi) is 3.00. The molecule has 0 aliphatic heterocycles. The van der Waals surface area contributed by atoms with Crippen molar-refractivity contribution in [1.82, 2.24) is 0 Å². The molecule has 0 bridgehead atoms. The van der Waals surface area contributed by atoms with E-state index in [4.69, 9.17) is 5.73 Å². The summed E-state index contributed by atoms with van der Waals surface area (Å²) in [5.41, 5.74) is 4.82. The zero-order chi connectivity index (χ0) is 5.86. The highest BCUT2D eigenvalue weighted by molar-refractivity contribution is 9.09. The van der Waals surface area contributed by atoms with Crippen molar-refractivity contribution >= 4 is 21.8 Å². The summed E-state index contributed by atoms with van der Waals surface area (Å²) >= 11 is 3.17. The predicted octanol–water partition coefficient (Wildman–Crippen LogP) is 0.645. The summed E-state index contributed by atoms with van der Waals surface area (Å²) in [5, 5.41) is 0. The molecule has 1 amide bonds. The molecule has 1 atom stereocenters. The van der Waals surface area contributed by atoms with Crippen LogP contribution in [0.1, 0.15) is 13.3 Å². The van der Waals surface area contributed by atoms with Gasteiger partial charge in [-0.25, -0.2) is 0 Å². The van der Waals surface area contributed by atoms with E-state index in [1.807, 2.05) is 6.92 Å². The Balaban J connectivity index is 3.13. The van der Waals surface area contributed by atoms with Gasteiger partial charge in [0.25, 0.3) is 0 Å². The zero-order valence-corrected chi connectivity index (χ0v) is 5.73. The number of hydrogen-bond acceptors (Lipinski definition) is 1. The largest absolute Gasteiger partial charge is 0.370 e. The van der Waals surface area contributed by atoms with Crippen molar-refractivity contribution in [3.05, 3.63) is 0 Å². The summed E-state index contributed by atoms with van der Waals surface area (Å²) < 4.78 is 0. The lowest BCUT2D eigenvalue weighted by Crippen LogP contribution is -2.13. The Bertz CT molecular complexity index is 72.1. The second-order valence-electron chi connectivity index (χ2n) is 1.45. The lowest BCUT2D eigenvalue weighted by Gasteiger charge is -1.93. The molecule has 0 fully saturated rings. The summed E-state index contributed by atoms with van der Waals surface area (Å²) in [6.45, 7) is 1.88. The van der Waals surface area contributed by atoms with Crippen LogP contribution in [0.2, 0.25) is 0 Å². The highest BCUT2D eigenvalue weighted by Crippen LogP contribution is 2.00. The Morgan fingerprint density at radius 3 is 2.43 bits per heavy atom. The average molecular weight is 166 g/mol. The van der Waals surface area contributed by atoms with Gasteiger partial charge in [0, 0.05) is 11.2 Å². The van der Waals surface area contributed by atoms with E-state index in [2.05, 4.69) is 15.9 Å². The van der Waals surface area contributed by atoms with E-state index in [0.29, 0.717) is 6.42 Å². The quantitative estimate of drug-likeness (QED) is 0.601. The van der Waals surface area contributed by atoms with E-state index >= 15 is 0 Å². The molecule has 0 unspecified atom stereocenters. The Labute approximate surface area is 51.2 Å². The molecule has 0 aromatic rings. The van der Waals surface area contributed by atoms with E-state index in [-0.39, 0.29) is 10.7 Å².